The largest absolute Gasteiger partial charge is 0.444 e. The molecule has 3 aliphatic heterocycles. The lowest BCUT2D eigenvalue weighted by molar-refractivity contribution is -0.257. The summed E-state index contributed by atoms with van der Waals surface area (Å²) in [6.45, 7) is 12.3. The highest BCUT2D eigenvalue weighted by Crippen LogP contribution is 2.43. The Kier molecular flexibility index (Phi) is 4.00. The maximum atomic E-state index is 13.0. The van der Waals surface area contributed by atoms with E-state index in [0.717, 1.165) is 0 Å². The summed E-state index contributed by atoms with van der Waals surface area (Å²) in [4.78, 5) is 26.9. The normalized spacial score (nSPS) is 36.6. The first kappa shape index (κ1) is 18.6. The summed E-state index contributed by atoms with van der Waals surface area (Å²) < 4.78 is 28.5. The van der Waals surface area contributed by atoms with Crippen molar-refractivity contribution in [1.82, 2.24) is 4.90 Å². The fraction of sp³-hybridized carbons (Fsp3) is 0.882. The van der Waals surface area contributed by atoms with Gasteiger partial charge in [-0.2, -0.15) is 0 Å². The molecule has 3 fully saturated rings. The van der Waals surface area contributed by atoms with Crippen LogP contribution < -0.4 is 0 Å². The molecule has 3 saturated heterocycles. The number of carbonyl (C=O) groups excluding carboxylic acids is 2. The van der Waals surface area contributed by atoms with Crippen molar-refractivity contribution in [3.8, 4) is 0 Å². The van der Waals surface area contributed by atoms with Crippen LogP contribution in [0.3, 0.4) is 0 Å². The molecule has 3 heterocycles. The number of hydrogen-bond acceptors (Lipinski definition) is 7. The van der Waals surface area contributed by atoms with Gasteiger partial charge in [-0.05, 0) is 48.5 Å². The van der Waals surface area contributed by atoms with Crippen LogP contribution in [0, 0.1) is 0 Å². The first-order chi connectivity index (χ1) is 11.2. The van der Waals surface area contributed by atoms with Gasteiger partial charge in [-0.15, -0.1) is 0 Å². The molecule has 25 heavy (non-hydrogen) atoms. The lowest BCUT2D eigenvalue weighted by atomic mass is 9.99. The molecule has 8 heteroatoms. The van der Waals surface area contributed by atoms with Crippen LogP contribution in [0.2, 0.25) is 0 Å². The molecule has 0 aromatic rings. The van der Waals surface area contributed by atoms with E-state index in [2.05, 4.69) is 0 Å². The molecule has 1 spiro atoms. The Labute approximate surface area is 147 Å². The van der Waals surface area contributed by atoms with Gasteiger partial charge >= 0.3 is 6.09 Å². The van der Waals surface area contributed by atoms with E-state index in [-0.39, 0.29) is 18.9 Å². The van der Waals surface area contributed by atoms with Gasteiger partial charge < -0.3 is 23.7 Å². The molecule has 3 atom stereocenters. The molecule has 0 saturated carbocycles. The van der Waals surface area contributed by atoms with Crippen molar-refractivity contribution < 1.29 is 33.3 Å². The Balaban J connectivity index is 1.82. The Morgan fingerprint density at radius 2 is 1.84 bits per heavy atom. The van der Waals surface area contributed by atoms with E-state index in [1.807, 2.05) is 0 Å². The van der Waals surface area contributed by atoms with E-state index in [1.54, 1.807) is 48.5 Å². The highest BCUT2D eigenvalue weighted by Gasteiger charge is 2.64. The van der Waals surface area contributed by atoms with Gasteiger partial charge in [0.2, 0.25) is 5.78 Å². The highest BCUT2D eigenvalue weighted by molar-refractivity contribution is 5.92. The maximum absolute atomic E-state index is 13.0. The average molecular weight is 357 g/mol. The highest BCUT2D eigenvalue weighted by atomic mass is 16.8. The second-order valence-electron chi connectivity index (χ2n) is 8.64. The van der Waals surface area contributed by atoms with Crippen molar-refractivity contribution in [1.29, 1.82) is 0 Å². The van der Waals surface area contributed by atoms with Crippen LogP contribution in [0.1, 0.15) is 48.5 Å². The molecule has 1 unspecified atom stereocenters. The Morgan fingerprint density at radius 1 is 1.20 bits per heavy atom. The van der Waals surface area contributed by atoms with Gasteiger partial charge in [0, 0.05) is 0 Å². The van der Waals surface area contributed by atoms with E-state index < -0.39 is 41.2 Å². The number of Topliss-reactive ketones (excluding diaryl/α,β-unsaturated/α-hetero) is 1. The smallest absolute Gasteiger partial charge is 0.412 e. The van der Waals surface area contributed by atoms with Gasteiger partial charge in [0.15, 0.2) is 11.9 Å². The predicted octanol–water partition coefficient (Wildman–Crippen LogP) is 1.81. The van der Waals surface area contributed by atoms with Crippen molar-refractivity contribution in [3.63, 3.8) is 0 Å². The van der Waals surface area contributed by atoms with Gasteiger partial charge in [0.05, 0.1) is 13.2 Å². The molecule has 0 bridgehead atoms. The lowest BCUT2D eigenvalue weighted by Gasteiger charge is -2.35. The summed E-state index contributed by atoms with van der Waals surface area (Å²) in [5.41, 5.74) is -1.71. The number of ketones is 1. The predicted molar refractivity (Wildman–Crippen MR) is 85.6 cm³/mol. The van der Waals surface area contributed by atoms with E-state index in [9.17, 15) is 9.59 Å². The minimum Gasteiger partial charge on any atom is -0.444 e. The van der Waals surface area contributed by atoms with Gasteiger partial charge in [-0.3, -0.25) is 9.69 Å². The van der Waals surface area contributed by atoms with Crippen LogP contribution in [0.4, 0.5) is 4.79 Å². The average Bonchev–Trinajstić information content (AvgIpc) is 2.87. The van der Waals surface area contributed by atoms with Gasteiger partial charge in [-0.1, -0.05) is 0 Å². The van der Waals surface area contributed by atoms with Crippen molar-refractivity contribution >= 4 is 11.9 Å². The van der Waals surface area contributed by atoms with E-state index in [0.29, 0.717) is 0 Å². The van der Waals surface area contributed by atoms with Crippen LogP contribution in [0.5, 0.6) is 0 Å². The molecule has 3 aliphatic rings. The Hall–Kier alpha value is -1.22. The maximum Gasteiger partial charge on any atom is 0.412 e. The number of amides is 1. The van der Waals surface area contributed by atoms with Crippen LogP contribution in [-0.2, 0) is 28.5 Å². The first-order valence-corrected chi connectivity index (χ1v) is 8.49. The SMILES string of the molecule is CC(C)(C)OC(=O)N1C[C@]2(OC[C@H]3OC(C)(C)OC3C2=O)OC1(C)C. The molecular formula is C17H27NO7. The van der Waals surface area contributed by atoms with Crippen LogP contribution >= 0.6 is 0 Å². The van der Waals surface area contributed by atoms with E-state index in [1.165, 1.54) is 4.90 Å². The van der Waals surface area contributed by atoms with Gasteiger partial charge in [0.25, 0.3) is 5.79 Å². The molecular weight excluding hydrogens is 330 g/mol. The summed E-state index contributed by atoms with van der Waals surface area (Å²) in [5.74, 6) is -2.79. The topological polar surface area (TPSA) is 83.5 Å². The monoisotopic (exact) mass is 357 g/mol. The lowest BCUT2D eigenvalue weighted by Crippen LogP contribution is -2.59. The fourth-order valence-electron chi connectivity index (χ4n) is 3.38. The summed E-state index contributed by atoms with van der Waals surface area (Å²) in [5, 5.41) is 0. The van der Waals surface area contributed by atoms with E-state index in [4.69, 9.17) is 23.7 Å². The van der Waals surface area contributed by atoms with Crippen molar-refractivity contribution in [2.75, 3.05) is 13.2 Å². The van der Waals surface area contributed by atoms with Gasteiger partial charge in [-0.25, -0.2) is 4.79 Å². The molecule has 0 N–H and O–H groups in total. The van der Waals surface area contributed by atoms with Crippen molar-refractivity contribution in [2.24, 2.45) is 0 Å². The Bertz CT molecular complexity index is 594. The zero-order valence-electron chi connectivity index (χ0n) is 15.9. The third kappa shape index (κ3) is 3.28. The summed E-state index contributed by atoms with van der Waals surface area (Å²) in [6, 6.07) is 0. The minimum atomic E-state index is -1.56. The van der Waals surface area contributed by atoms with Crippen LogP contribution in [-0.4, -0.2) is 65.0 Å². The minimum absolute atomic E-state index is 0.0548. The van der Waals surface area contributed by atoms with Crippen LogP contribution in [0.25, 0.3) is 0 Å². The molecule has 3 rings (SSSR count). The second-order valence-corrected chi connectivity index (χ2v) is 8.64. The number of rotatable bonds is 0. The molecule has 0 aliphatic carbocycles. The van der Waals surface area contributed by atoms with Crippen molar-refractivity contribution in [3.05, 3.63) is 0 Å². The molecule has 8 nitrogen and oxygen atoms in total. The molecule has 142 valence electrons. The number of ether oxygens (including phenoxy) is 5. The molecule has 0 radical (unpaired) electrons. The zero-order chi connectivity index (χ0) is 18.8. The summed E-state index contributed by atoms with van der Waals surface area (Å²) >= 11 is 0. The summed E-state index contributed by atoms with van der Waals surface area (Å²) in [7, 11) is 0. The number of carbonyl (C=O) groups is 2. The third-order valence-corrected chi connectivity index (χ3v) is 4.34. The molecule has 1 amide bonds. The molecule has 0 aromatic heterocycles. The number of nitrogens with zero attached hydrogens (tertiary/aromatic N) is 1. The zero-order valence-corrected chi connectivity index (χ0v) is 15.9. The fourth-order valence-corrected chi connectivity index (χ4v) is 3.38. The Morgan fingerprint density at radius 3 is 2.44 bits per heavy atom. The van der Waals surface area contributed by atoms with Crippen LogP contribution in [0.15, 0.2) is 0 Å². The quantitative estimate of drug-likeness (QED) is 0.654. The summed E-state index contributed by atoms with van der Waals surface area (Å²) in [6.07, 6.45) is -1.81. The second kappa shape index (κ2) is 5.39. The van der Waals surface area contributed by atoms with E-state index >= 15 is 0 Å². The molecule has 0 aromatic carbocycles. The number of fused-ring (bicyclic) bond motifs is 1. The van der Waals surface area contributed by atoms with Crippen molar-refractivity contribution in [2.45, 2.75) is 83.6 Å². The van der Waals surface area contributed by atoms with Gasteiger partial charge in [0.1, 0.15) is 17.4 Å². The first-order valence-electron chi connectivity index (χ1n) is 8.49. The standard InChI is InChI=1S/C17H27NO7/c1-14(2,3)24-13(20)18-9-17(25-15(18,4)5)12(19)11-10(8-21-17)22-16(6,7)23-11/h10-11H,8-9H2,1-7H3/t10-,11?,17+/m1/s1. The third-order valence-electron chi connectivity index (χ3n) is 4.34. The number of hydrogen-bond donors (Lipinski definition) is 0.